The lowest BCUT2D eigenvalue weighted by Crippen LogP contribution is -2.43. The molecule has 1 saturated heterocycles. The Balaban J connectivity index is 1.46. The molecule has 0 unspecified atom stereocenters. The van der Waals surface area contributed by atoms with Crippen molar-refractivity contribution in [2.24, 2.45) is 12.8 Å². The minimum absolute atomic E-state index is 0.329. The Hall–Kier alpha value is -3.46. The maximum Gasteiger partial charge on any atom is 0.269 e. The van der Waals surface area contributed by atoms with Crippen LogP contribution in [0.1, 0.15) is 21.6 Å². The SMILES string of the molecule is Cn1nc(C(N)=O)c2c1-c1nc(Nc3cccc(N4CCNCC4)c3)ncc1CC2. The first-order valence-corrected chi connectivity index (χ1v) is 10.1. The lowest BCUT2D eigenvalue weighted by Gasteiger charge is -2.29. The van der Waals surface area contributed by atoms with Gasteiger partial charge in [0.05, 0.1) is 11.4 Å². The van der Waals surface area contributed by atoms with E-state index in [2.05, 4.69) is 37.7 Å². The van der Waals surface area contributed by atoms with E-state index < -0.39 is 5.91 Å². The van der Waals surface area contributed by atoms with Crippen molar-refractivity contribution in [2.45, 2.75) is 12.8 Å². The van der Waals surface area contributed by atoms with Crippen molar-refractivity contribution in [3.05, 3.63) is 47.3 Å². The van der Waals surface area contributed by atoms with Crippen molar-refractivity contribution in [2.75, 3.05) is 36.4 Å². The number of anilines is 3. The maximum atomic E-state index is 11.8. The van der Waals surface area contributed by atoms with Crippen LogP contribution in [0.4, 0.5) is 17.3 Å². The molecule has 2 aliphatic rings. The van der Waals surface area contributed by atoms with Crippen LogP contribution in [-0.2, 0) is 19.9 Å². The number of hydrogen-bond donors (Lipinski definition) is 3. The largest absolute Gasteiger partial charge is 0.369 e. The number of aryl methyl sites for hydroxylation is 2. The van der Waals surface area contributed by atoms with Crippen LogP contribution in [-0.4, -0.2) is 51.8 Å². The molecule has 1 aromatic carbocycles. The highest BCUT2D eigenvalue weighted by molar-refractivity contribution is 5.94. The Morgan fingerprint density at radius 1 is 1.23 bits per heavy atom. The molecule has 0 radical (unpaired) electrons. The number of fused-ring (bicyclic) bond motifs is 3. The van der Waals surface area contributed by atoms with Gasteiger partial charge in [-0.05, 0) is 36.6 Å². The number of benzene rings is 1. The van der Waals surface area contributed by atoms with Crippen LogP contribution in [0.3, 0.4) is 0 Å². The number of rotatable bonds is 4. The van der Waals surface area contributed by atoms with E-state index in [0.29, 0.717) is 18.1 Å². The third-order valence-electron chi connectivity index (χ3n) is 5.70. The van der Waals surface area contributed by atoms with Gasteiger partial charge in [0.15, 0.2) is 5.69 Å². The fourth-order valence-electron chi connectivity index (χ4n) is 4.25. The summed E-state index contributed by atoms with van der Waals surface area (Å²) in [6, 6.07) is 8.29. The summed E-state index contributed by atoms with van der Waals surface area (Å²) in [6.45, 7) is 3.96. The van der Waals surface area contributed by atoms with E-state index in [-0.39, 0.29) is 0 Å². The first kappa shape index (κ1) is 18.6. The van der Waals surface area contributed by atoms with Crippen LogP contribution >= 0.6 is 0 Å². The predicted octanol–water partition coefficient (Wildman–Crippen LogP) is 1.23. The number of nitrogens with zero attached hydrogens (tertiary/aromatic N) is 5. The van der Waals surface area contributed by atoms with Gasteiger partial charge in [0.1, 0.15) is 0 Å². The quantitative estimate of drug-likeness (QED) is 0.599. The lowest BCUT2D eigenvalue weighted by molar-refractivity contribution is 0.0994. The highest BCUT2D eigenvalue weighted by Crippen LogP contribution is 2.34. The van der Waals surface area contributed by atoms with Gasteiger partial charge < -0.3 is 21.3 Å². The number of amides is 1. The zero-order valence-corrected chi connectivity index (χ0v) is 16.9. The second-order valence-electron chi connectivity index (χ2n) is 7.64. The molecule has 3 heterocycles. The molecule has 4 N–H and O–H groups in total. The third-order valence-corrected chi connectivity index (χ3v) is 5.70. The molecule has 30 heavy (non-hydrogen) atoms. The fourth-order valence-corrected chi connectivity index (χ4v) is 4.25. The third kappa shape index (κ3) is 3.26. The van der Waals surface area contributed by atoms with E-state index in [1.165, 1.54) is 5.69 Å². The summed E-state index contributed by atoms with van der Waals surface area (Å²) in [5.74, 6) is 0.00770. The summed E-state index contributed by atoms with van der Waals surface area (Å²) < 4.78 is 1.69. The molecule has 5 rings (SSSR count). The van der Waals surface area contributed by atoms with Gasteiger partial charge in [0.25, 0.3) is 5.91 Å². The zero-order chi connectivity index (χ0) is 20.7. The summed E-state index contributed by atoms with van der Waals surface area (Å²) in [5, 5.41) is 11.0. The highest BCUT2D eigenvalue weighted by Gasteiger charge is 2.28. The van der Waals surface area contributed by atoms with Gasteiger partial charge in [-0.1, -0.05) is 6.07 Å². The first-order chi connectivity index (χ1) is 14.6. The van der Waals surface area contributed by atoms with Gasteiger partial charge in [0, 0.05) is 56.4 Å². The zero-order valence-electron chi connectivity index (χ0n) is 16.9. The average molecular weight is 404 g/mol. The Morgan fingerprint density at radius 3 is 2.87 bits per heavy atom. The first-order valence-electron chi connectivity index (χ1n) is 10.1. The summed E-state index contributed by atoms with van der Waals surface area (Å²) in [4.78, 5) is 23.4. The molecule has 1 aliphatic carbocycles. The fraction of sp³-hybridized carbons (Fsp3) is 0.333. The summed E-state index contributed by atoms with van der Waals surface area (Å²) >= 11 is 0. The molecule has 1 fully saturated rings. The minimum atomic E-state index is -0.507. The normalized spacial score (nSPS) is 15.4. The van der Waals surface area contributed by atoms with Crippen LogP contribution in [0.15, 0.2) is 30.5 Å². The van der Waals surface area contributed by atoms with Crippen LogP contribution in [0.2, 0.25) is 0 Å². The van der Waals surface area contributed by atoms with Crippen LogP contribution in [0, 0.1) is 0 Å². The number of aromatic nitrogens is 4. The number of hydrogen-bond acceptors (Lipinski definition) is 7. The Morgan fingerprint density at radius 2 is 2.07 bits per heavy atom. The van der Waals surface area contributed by atoms with E-state index in [9.17, 15) is 4.79 Å². The van der Waals surface area contributed by atoms with Crippen molar-refractivity contribution in [3.63, 3.8) is 0 Å². The maximum absolute atomic E-state index is 11.8. The topological polar surface area (TPSA) is 114 Å². The number of carbonyl (C=O) groups excluding carboxylic acids is 1. The Bertz CT molecular complexity index is 1120. The molecule has 2 aromatic heterocycles. The standard InChI is InChI=1S/C21H24N8O/c1-28-19-16(18(27-28)20(22)30)6-5-13-12-24-21(26-17(13)19)25-14-3-2-4-15(11-14)29-9-7-23-8-10-29/h2-4,11-12,23H,5-10H2,1H3,(H2,22,30)(H,24,25,26). The number of piperazine rings is 1. The van der Waals surface area contributed by atoms with Gasteiger partial charge in [-0.2, -0.15) is 5.10 Å². The molecule has 1 aliphatic heterocycles. The van der Waals surface area contributed by atoms with Gasteiger partial charge >= 0.3 is 0 Å². The van der Waals surface area contributed by atoms with Crippen molar-refractivity contribution < 1.29 is 4.79 Å². The second kappa shape index (κ2) is 7.42. The summed E-state index contributed by atoms with van der Waals surface area (Å²) in [6.07, 6.45) is 3.31. The minimum Gasteiger partial charge on any atom is -0.369 e. The van der Waals surface area contributed by atoms with E-state index in [1.54, 1.807) is 4.68 Å². The monoisotopic (exact) mass is 404 g/mol. The number of nitrogens with one attached hydrogen (secondary N) is 2. The summed E-state index contributed by atoms with van der Waals surface area (Å²) in [7, 11) is 1.81. The number of nitrogens with two attached hydrogens (primary N) is 1. The molecule has 0 saturated carbocycles. The van der Waals surface area contributed by atoms with E-state index in [0.717, 1.165) is 60.8 Å². The van der Waals surface area contributed by atoms with Gasteiger partial charge in [-0.15, -0.1) is 0 Å². The van der Waals surface area contributed by atoms with Gasteiger partial charge in [-0.3, -0.25) is 9.48 Å². The highest BCUT2D eigenvalue weighted by atomic mass is 16.1. The van der Waals surface area contributed by atoms with Crippen molar-refractivity contribution in [3.8, 4) is 11.4 Å². The predicted molar refractivity (Wildman–Crippen MR) is 115 cm³/mol. The molecular weight excluding hydrogens is 380 g/mol. The van der Waals surface area contributed by atoms with Crippen molar-refractivity contribution >= 4 is 23.2 Å². The average Bonchev–Trinajstić information content (AvgIpc) is 3.12. The lowest BCUT2D eigenvalue weighted by atomic mass is 9.93. The van der Waals surface area contributed by atoms with E-state index >= 15 is 0 Å². The van der Waals surface area contributed by atoms with Crippen LogP contribution < -0.4 is 21.3 Å². The molecular formula is C21H24N8O. The number of carbonyl (C=O) groups is 1. The molecule has 3 aromatic rings. The molecule has 9 nitrogen and oxygen atoms in total. The summed E-state index contributed by atoms with van der Waals surface area (Å²) in [5.41, 5.74) is 11.5. The van der Waals surface area contributed by atoms with Crippen molar-refractivity contribution in [1.82, 2.24) is 25.1 Å². The molecule has 154 valence electrons. The van der Waals surface area contributed by atoms with Gasteiger partial charge in [0.2, 0.25) is 5.95 Å². The second-order valence-corrected chi connectivity index (χ2v) is 7.64. The Kier molecular flexibility index (Phi) is 4.59. The Labute approximate surface area is 174 Å². The van der Waals surface area contributed by atoms with Gasteiger partial charge in [-0.25, -0.2) is 9.97 Å². The van der Waals surface area contributed by atoms with Crippen molar-refractivity contribution in [1.29, 1.82) is 0 Å². The molecule has 0 spiro atoms. The molecule has 0 bridgehead atoms. The van der Waals surface area contributed by atoms with Crippen LogP contribution in [0.5, 0.6) is 0 Å². The van der Waals surface area contributed by atoms with E-state index in [4.69, 9.17) is 10.7 Å². The smallest absolute Gasteiger partial charge is 0.269 e. The van der Waals surface area contributed by atoms with E-state index in [1.807, 2.05) is 25.4 Å². The number of primary amides is 1. The van der Waals surface area contributed by atoms with Crippen LogP contribution in [0.25, 0.3) is 11.4 Å². The molecule has 1 amide bonds. The molecule has 9 heteroatoms. The molecule has 0 atom stereocenters.